The number of benzene rings is 1. The molecule has 1 aromatic carbocycles. The van der Waals surface area contributed by atoms with Crippen molar-refractivity contribution in [1.29, 1.82) is 0 Å². The molecule has 7 heteroatoms. The van der Waals surface area contributed by atoms with Gasteiger partial charge in [-0.05, 0) is 30.7 Å². The van der Waals surface area contributed by atoms with Gasteiger partial charge in [-0.1, -0.05) is 0 Å². The number of hydrogen-bond acceptors (Lipinski definition) is 7. The summed E-state index contributed by atoms with van der Waals surface area (Å²) in [6.07, 6.45) is 0. The van der Waals surface area contributed by atoms with Crippen molar-refractivity contribution >= 4 is 11.8 Å². The maximum absolute atomic E-state index is 12.8. The standard InChI is InChI=1S/C20H20O7/c1-9-5-11-15(10-6-13(23-2)19(25-4)14(7-10)24-3)16-12(8-26-20(16)22)17(21)18(11)27-9/h5-7,12,15-16H,8H2,1-4H3/t12-,15+,16+/m0/s1. The van der Waals surface area contributed by atoms with Crippen molar-refractivity contribution < 1.29 is 33.0 Å². The molecular formula is C20H20O7. The third kappa shape index (κ3) is 2.49. The van der Waals surface area contributed by atoms with Crippen LogP contribution in [0.25, 0.3) is 0 Å². The van der Waals surface area contributed by atoms with Gasteiger partial charge in [0, 0.05) is 11.5 Å². The predicted molar refractivity (Wildman–Crippen MR) is 93.7 cm³/mol. The molecule has 0 bridgehead atoms. The Morgan fingerprint density at radius 1 is 1.00 bits per heavy atom. The molecule has 0 saturated carbocycles. The van der Waals surface area contributed by atoms with E-state index >= 15 is 0 Å². The van der Waals surface area contributed by atoms with Crippen molar-refractivity contribution in [1.82, 2.24) is 0 Å². The summed E-state index contributed by atoms with van der Waals surface area (Å²) in [4.78, 5) is 25.3. The summed E-state index contributed by atoms with van der Waals surface area (Å²) in [7, 11) is 4.60. The second kappa shape index (κ2) is 6.33. The zero-order valence-corrected chi connectivity index (χ0v) is 15.5. The van der Waals surface area contributed by atoms with Crippen LogP contribution in [-0.4, -0.2) is 39.7 Å². The van der Waals surface area contributed by atoms with E-state index in [1.54, 1.807) is 19.1 Å². The fourth-order valence-corrected chi connectivity index (χ4v) is 4.13. The molecule has 2 heterocycles. The third-order valence-corrected chi connectivity index (χ3v) is 5.30. The van der Waals surface area contributed by atoms with E-state index in [9.17, 15) is 9.59 Å². The molecule has 1 aliphatic carbocycles. The summed E-state index contributed by atoms with van der Waals surface area (Å²) < 4.78 is 27.2. The van der Waals surface area contributed by atoms with E-state index in [4.69, 9.17) is 23.4 Å². The SMILES string of the molecule is COc1cc([C@@H]2c3cc(C)oc3C(=O)[C@H]3COC(=O)[C@@H]23)cc(OC)c1OC. The number of aryl methyl sites for hydroxylation is 1. The number of methoxy groups -OCH3 is 3. The molecule has 2 aliphatic rings. The first-order valence-corrected chi connectivity index (χ1v) is 8.61. The summed E-state index contributed by atoms with van der Waals surface area (Å²) in [6, 6.07) is 5.41. The quantitative estimate of drug-likeness (QED) is 0.763. The number of fused-ring (bicyclic) bond motifs is 2. The lowest BCUT2D eigenvalue weighted by Crippen LogP contribution is -2.35. The number of hydrogen-bond donors (Lipinski definition) is 0. The zero-order valence-electron chi connectivity index (χ0n) is 15.5. The van der Waals surface area contributed by atoms with Gasteiger partial charge in [0.05, 0.1) is 33.2 Å². The Hall–Kier alpha value is -2.96. The second-order valence-electron chi connectivity index (χ2n) is 6.70. The van der Waals surface area contributed by atoms with Crippen molar-refractivity contribution in [2.75, 3.05) is 27.9 Å². The first kappa shape index (κ1) is 17.5. The average molecular weight is 372 g/mol. The Morgan fingerprint density at radius 2 is 1.67 bits per heavy atom. The van der Waals surface area contributed by atoms with Gasteiger partial charge in [0.1, 0.15) is 12.4 Å². The summed E-state index contributed by atoms with van der Waals surface area (Å²) in [5, 5.41) is 0. The number of furan rings is 1. The van der Waals surface area contributed by atoms with E-state index in [2.05, 4.69) is 0 Å². The van der Waals surface area contributed by atoms with Gasteiger partial charge < -0.3 is 23.4 Å². The number of carbonyl (C=O) groups excluding carboxylic acids is 2. The van der Waals surface area contributed by atoms with Crippen LogP contribution in [0.15, 0.2) is 22.6 Å². The van der Waals surface area contributed by atoms with Crippen LogP contribution in [0.4, 0.5) is 0 Å². The summed E-state index contributed by atoms with van der Waals surface area (Å²) in [6.45, 7) is 1.86. The largest absolute Gasteiger partial charge is 0.493 e. The lowest BCUT2D eigenvalue weighted by molar-refractivity contribution is -0.141. The van der Waals surface area contributed by atoms with Gasteiger partial charge in [-0.3, -0.25) is 9.59 Å². The van der Waals surface area contributed by atoms with E-state index in [0.29, 0.717) is 34.3 Å². The van der Waals surface area contributed by atoms with Crippen molar-refractivity contribution in [2.24, 2.45) is 11.8 Å². The van der Waals surface area contributed by atoms with Gasteiger partial charge in [0.2, 0.25) is 11.5 Å². The van der Waals surface area contributed by atoms with Gasteiger partial charge in [-0.25, -0.2) is 0 Å². The normalized spacial score (nSPS) is 23.5. The van der Waals surface area contributed by atoms with Crippen molar-refractivity contribution in [3.05, 3.63) is 40.8 Å². The first-order chi connectivity index (χ1) is 13.0. The van der Waals surface area contributed by atoms with Crippen LogP contribution in [-0.2, 0) is 9.53 Å². The molecule has 27 heavy (non-hydrogen) atoms. The fourth-order valence-electron chi connectivity index (χ4n) is 4.13. The van der Waals surface area contributed by atoms with Gasteiger partial charge in [-0.15, -0.1) is 0 Å². The van der Waals surface area contributed by atoms with E-state index < -0.39 is 17.8 Å². The number of esters is 1. The van der Waals surface area contributed by atoms with Crippen molar-refractivity contribution in [3.8, 4) is 17.2 Å². The zero-order chi connectivity index (χ0) is 19.3. The molecule has 1 fully saturated rings. The van der Waals surface area contributed by atoms with Crippen molar-refractivity contribution in [3.63, 3.8) is 0 Å². The summed E-state index contributed by atoms with van der Waals surface area (Å²) in [5.74, 6) is 0.221. The predicted octanol–water partition coefficient (Wildman–Crippen LogP) is 2.73. The third-order valence-electron chi connectivity index (χ3n) is 5.30. The number of carbonyl (C=O) groups is 2. The van der Waals surface area contributed by atoms with Crippen LogP contribution >= 0.6 is 0 Å². The molecule has 0 unspecified atom stereocenters. The summed E-state index contributed by atoms with van der Waals surface area (Å²) >= 11 is 0. The monoisotopic (exact) mass is 372 g/mol. The molecule has 7 nitrogen and oxygen atoms in total. The van der Waals surface area contributed by atoms with E-state index in [-0.39, 0.29) is 18.4 Å². The smallest absolute Gasteiger partial charge is 0.310 e. The van der Waals surface area contributed by atoms with E-state index in [0.717, 1.165) is 5.56 Å². The Labute approximate surface area is 156 Å². The number of ether oxygens (including phenoxy) is 4. The van der Waals surface area contributed by atoms with Gasteiger partial charge in [0.25, 0.3) is 0 Å². The molecule has 0 N–H and O–H groups in total. The number of Topliss-reactive ketones (excluding diaryl/α,β-unsaturated/α-hetero) is 1. The van der Waals surface area contributed by atoms with Crippen LogP contribution in [0.5, 0.6) is 17.2 Å². The molecule has 1 aromatic heterocycles. The molecule has 0 spiro atoms. The fraction of sp³-hybridized carbons (Fsp3) is 0.400. The van der Waals surface area contributed by atoms with Crippen LogP contribution in [0.2, 0.25) is 0 Å². The molecule has 4 rings (SSSR count). The average Bonchev–Trinajstić information content (AvgIpc) is 3.24. The van der Waals surface area contributed by atoms with E-state index in [1.807, 2.05) is 6.07 Å². The minimum Gasteiger partial charge on any atom is -0.493 e. The topological polar surface area (TPSA) is 84.2 Å². The molecule has 0 radical (unpaired) electrons. The minimum atomic E-state index is -0.607. The highest BCUT2D eigenvalue weighted by Crippen LogP contribution is 2.50. The molecule has 1 saturated heterocycles. The van der Waals surface area contributed by atoms with Gasteiger partial charge in [0.15, 0.2) is 17.3 Å². The lowest BCUT2D eigenvalue weighted by Gasteiger charge is -2.30. The first-order valence-electron chi connectivity index (χ1n) is 8.61. The van der Waals surface area contributed by atoms with Crippen LogP contribution in [0.1, 0.15) is 33.4 Å². The maximum atomic E-state index is 12.8. The molecule has 1 aliphatic heterocycles. The summed E-state index contributed by atoms with van der Waals surface area (Å²) in [5.41, 5.74) is 1.46. The van der Waals surface area contributed by atoms with Crippen molar-refractivity contribution in [2.45, 2.75) is 12.8 Å². The Morgan fingerprint density at radius 3 is 2.26 bits per heavy atom. The van der Waals surface area contributed by atoms with Gasteiger partial charge in [-0.2, -0.15) is 0 Å². The molecule has 3 atom stereocenters. The molecular weight excluding hydrogens is 352 g/mol. The highest BCUT2D eigenvalue weighted by atomic mass is 16.5. The minimum absolute atomic E-state index is 0.0719. The highest BCUT2D eigenvalue weighted by molar-refractivity contribution is 6.03. The lowest BCUT2D eigenvalue weighted by atomic mass is 9.69. The molecule has 2 aromatic rings. The van der Waals surface area contributed by atoms with Crippen LogP contribution < -0.4 is 14.2 Å². The van der Waals surface area contributed by atoms with Gasteiger partial charge >= 0.3 is 5.97 Å². The molecule has 142 valence electrons. The second-order valence-corrected chi connectivity index (χ2v) is 6.70. The Kier molecular flexibility index (Phi) is 4.09. The number of rotatable bonds is 4. The maximum Gasteiger partial charge on any atom is 0.310 e. The number of ketones is 1. The van der Waals surface area contributed by atoms with Crippen LogP contribution in [0, 0.1) is 18.8 Å². The van der Waals surface area contributed by atoms with E-state index in [1.165, 1.54) is 21.3 Å². The Balaban J connectivity index is 1.94. The van der Waals surface area contributed by atoms with Crippen LogP contribution in [0.3, 0.4) is 0 Å². The number of cyclic esters (lactones) is 1. The molecule has 0 amide bonds. The Bertz CT molecular complexity index is 901. The highest BCUT2D eigenvalue weighted by Gasteiger charge is 2.53.